The molecule has 4 fully saturated rings. The van der Waals surface area contributed by atoms with Crippen LogP contribution in [0.4, 0.5) is 0 Å². The number of hydrogen-bond donors (Lipinski definition) is 1. The molecule has 2 nitrogen and oxygen atoms in total. The molecule has 4 rings (SSSR count). The smallest absolute Gasteiger partial charge is 0.303 e. The largest absolute Gasteiger partial charge is 0.481 e. The highest BCUT2D eigenvalue weighted by molar-refractivity contribution is 5.66. The maximum absolute atomic E-state index is 10.9. The average Bonchev–Trinajstić information content (AvgIpc) is 3.06. The number of fused-ring (bicyclic) bond motifs is 5. The van der Waals surface area contributed by atoms with Gasteiger partial charge >= 0.3 is 5.97 Å². The van der Waals surface area contributed by atoms with Crippen molar-refractivity contribution in [2.45, 2.75) is 131 Å². The monoisotopic (exact) mass is 420 g/mol. The van der Waals surface area contributed by atoms with E-state index in [1.54, 1.807) is 0 Å². The Labute approximate surface area is 188 Å². The normalized spacial score (nSPS) is 41.7. The summed E-state index contributed by atoms with van der Waals surface area (Å²) >= 11 is 0. The predicted molar refractivity (Wildman–Crippen MR) is 129 cm³/mol. The molecule has 0 aliphatic heterocycles. The zero-order chi connectivity index (χ0) is 22.4. The van der Waals surface area contributed by atoms with E-state index in [9.17, 15) is 4.79 Å². The summed E-state index contributed by atoms with van der Waals surface area (Å²) in [5, 5.41) is 8.98. The van der Waals surface area contributed by atoms with E-state index in [2.05, 4.69) is 27.7 Å². The van der Waals surface area contributed by atoms with Gasteiger partial charge in [-0.15, -0.1) is 0 Å². The molecule has 0 spiro atoms. The van der Waals surface area contributed by atoms with Gasteiger partial charge in [0.05, 0.1) is 0 Å². The Bertz CT molecular complexity index is 529. The number of carboxylic acids is 1. The highest BCUT2D eigenvalue weighted by Gasteiger charge is 2.59. The molecule has 0 aromatic carbocycles. The zero-order valence-electron chi connectivity index (χ0n) is 21.1. The molecule has 1 N–H and O–H groups in total. The Hall–Kier alpha value is -0.530. The van der Waals surface area contributed by atoms with Crippen molar-refractivity contribution in [2.24, 2.45) is 40.4 Å². The Morgan fingerprint density at radius 3 is 2.20 bits per heavy atom. The molecule has 0 saturated heterocycles. The van der Waals surface area contributed by atoms with Crippen LogP contribution < -0.4 is 0 Å². The topological polar surface area (TPSA) is 37.3 Å². The fourth-order valence-electron chi connectivity index (χ4n) is 8.38. The average molecular weight is 421 g/mol. The van der Waals surface area contributed by atoms with E-state index in [1.807, 2.05) is 13.8 Å². The van der Waals surface area contributed by atoms with E-state index < -0.39 is 5.97 Å². The second-order valence-corrected chi connectivity index (χ2v) is 11.2. The summed E-state index contributed by atoms with van der Waals surface area (Å²) in [6, 6.07) is 0. The third kappa shape index (κ3) is 5.09. The van der Waals surface area contributed by atoms with E-state index in [-0.39, 0.29) is 0 Å². The second-order valence-electron chi connectivity index (χ2n) is 11.2. The van der Waals surface area contributed by atoms with E-state index in [1.165, 1.54) is 70.6 Å². The van der Waals surface area contributed by atoms with Crippen LogP contribution in [-0.4, -0.2) is 11.1 Å². The standard InChI is InChI=1S/C23H38O2.C3H8.C2H6/c1-22-14-4-3-6-16(22)9-11-18-19-12-10-17(7-5-8-21(24)25)23(19,2)15-13-20(18)22;1-3-2;1-2/h16-20H,3-15H2,1-2H3,(H,24,25);3H2,1-2H3;1-2H3. The minimum atomic E-state index is -0.619. The van der Waals surface area contributed by atoms with Crippen LogP contribution in [0.1, 0.15) is 131 Å². The molecule has 30 heavy (non-hydrogen) atoms. The summed E-state index contributed by atoms with van der Waals surface area (Å²) in [5.74, 6) is 4.08. The molecule has 4 aliphatic rings. The van der Waals surface area contributed by atoms with Gasteiger partial charge in [0.1, 0.15) is 0 Å². The molecule has 0 heterocycles. The Morgan fingerprint density at radius 2 is 1.53 bits per heavy atom. The lowest BCUT2D eigenvalue weighted by Crippen LogP contribution is -2.52. The van der Waals surface area contributed by atoms with Crippen LogP contribution in [0.2, 0.25) is 0 Å². The molecular formula is C28H52O2. The van der Waals surface area contributed by atoms with Crippen LogP contribution in [0, 0.1) is 40.4 Å². The van der Waals surface area contributed by atoms with Crippen LogP contribution in [0.3, 0.4) is 0 Å². The lowest BCUT2D eigenvalue weighted by Gasteiger charge is -2.60. The van der Waals surface area contributed by atoms with Gasteiger partial charge in [0.2, 0.25) is 0 Å². The van der Waals surface area contributed by atoms with Crippen molar-refractivity contribution in [3.8, 4) is 0 Å². The van der Waals surface area contributed by atoms with Crippen molar-refractivity contribution >= 4 is 5.97 Å². The molecule has 7 unspecified atom stereocenters. The van der Waals surface area contributed by atoms with Gasteiger partial charge in [-0.1, -0.05) is 60.8 Å². The van der Waals surface area contributed by atoms with Gasteiger partial charge in [0, 0.05) is 6.42 Å². The highest BCUT2D eigenvalue weighted by Crippen LogP contribution is 2.67. The van der Waals surface area contributed by atoms with Crippen molar-refractivity contribution < 1.29 is 9.90 Å². The number of carboxylic acid groups (broad SMARTS) is 1. The van der Waals surface area contributed by atoms with Crippen LogP contribution in [-0.2, 0) is 4.79 Å². The van der Waals surface area contributed by atoms with Gasteiger partial charge < -0.3 is 5.11 Å². The molecule has 176 valence electrons. The van der Waals surface area contributed by atoms with Crippen molar-refractivity contribution in [3.63, 3.8) is 0 Å². The van der Waals surface area contributed by atoms with E-state index in [4.69, 9.17) is 5.11 Å². The summed E-state index contributed by atoms with van der Waals surface area (Å²) in [4.78, 5) is 10.9. The first-order valence-corrected chi connectivity index (χ1v) is 13.6. The number of aliphatic carboxylic acids is 1. The maximum Gasteiger partial charge on any atom is 0.303 e. The molecular weight excluding hydrogens is 368 g/mol. The molecule has 7 atom stereocenters. The third-order valence-corrected chi connectivity index (χ3v) is 9.72. The van der Waals surface area contributed by atoms with Crippen LogP contribution >= 0.6 is 0 Å². The lowest BCUT2D eigenvalue weighted by molar-refractivity contribution is -0.137. The van der Waals surface area contributed by atoms with Gasteiger partial charge in [0.25, 0.3) is 0 Å². The summed E-state index contributed by atoms with van der Waals surface area (Å²) in [6.45, 7) is 13.5. The Kier molecular flexibility index (Phi) is 9.75. The third-order valence-electron chi connectivity index (χ3n) is 9.72. The van der Waals surface area contributed by atoms with E-state index in [0.717, 1.165) is 42.4 Å². The Balaban J connectivity index is 0.000000590. The second kappa shape index (κ2) is 11.4. The fourth-order valence-corrected chi connectivity index (χ4v) is 8.38. The molecule has 4 aliphatic carbocycles. The first-order chi connectivity index (χ1) is 14.4. The van der Waals surface area contributed by atoms with Gasteiger partial charge in [-0.2, -0.15) is 0 Å². The van der Waals surface area contributed by atoms with Crippen LogP contribution in [0.15, 0.2) is 0 Å². The zero-order valence-corrected chi connectivity index (χ0v) is 21.1. The van der Waals surface area contributed by atoms with E-state index in [0.29, 0.717) is 17.3 Å². The number of rotatable bonds is 4. The molecule has 0 aromatic rings. The van der Waals surface area contributed by atoms with Crippen molar-refractivity contribution in [3.05, 3.63) is 0 Å². The molecule has 4 saturated carbocycles. The summed E-state index contributed by atoms with van der Waals surface area (Å²) in [6.07, 6.45) is 18.2. The SMILES string of the molecule is CC.CC12CCCCC1CCC1C2CCC2(C)C(CCCC(=O)O)CCC12.CCC. The van der Waals surface area contributed by atoms with Gasteiger partial charge in [-0.3, -0.25) is 4.79 Å². The first kappa shape index (κ1) is 25.7. The summed E-state index contributed by atoms with van der Waals surface area (Å²) < 4.78 is 0. The molecule has 2 heteroatoms. The molecule has 0 aromatic heterocycles. The number of hydrogen-bond acceptors (Lipinski definition) is 1. The summed E-state index contributed by atoms with van der Waals surface area (Å²) in [7, 11) is 0. The minimum absolute atomic E-state index is 0.364. The van der Waals surface area contributed by atoms with Crippen LogP contribution in [0.5, 0.6) is 0 Å². The summed E-state index contributed by atoms with van der Waals surface area (Å²) in [5.41, 5.74) is 1.15. The minimum Gasteiger partial charge on any atom is -0.481 e. The quantitative estimate of drug-likeness (QED) is 0.493. The van der Waals surface area contributed by atoms with Crippen molar-refractivity contribution in [2.75, 3.05) is 0 Å². The molecule has 0 bridgehead atoms. The van der Waals surface area contributed by atoms with Crippen LogP contribution in [0.25, 0.3) is 0 Å². The van der Waals surface area contributed by atoms with Gasteiger partial charge in [0.15, 0.2) is 0 Å². The molecule has 0 amide bonds. The molecule has 0 radical (unpaired) electrons. The maximum atomic E-state index is 10.9. The van der Waals surface area contributed by atoms with Crippen molar-refractivity contribution in [1.29, 1.82) is 0 Å². The fraction of sp³-hybridized carbons (Fsp3) is 0.964. The van der Waals surface area contributed by atoms with Gasteiger partial charge in [-0.05, 0) is 105 Å². The highest BCUT2D eigenvalue weighted by atomic mass is 16.4. The Morgan fingerprint density at radius 1 is 0.867 bits per heavy atom. The number of carbonyl (C=O) groups is 1. The van der Waals surface area contributed by atoms with E-state index >= 15 is 0 Å². The van der Waals surface area contributed by atoms with Gasteiger partial charge in [-0.25, -0.2) is 0 Å². The lowest BCUT2D eigenvalue weighted by atomic mass is 9.45. The predicted octanol–water partition coefficient (Wildman–Crippen LogP) is 8.73. The van der Waals surface area contributed by atoms with Crippen molar-refractivity contribution in [1.82, 2.24) is 0 Å². The first-order valence-electron chi connectivity index (χ1n) is 13.6.